The Balaban J connectivity index is 1.98. The van der Waals surface area contributed by atoms with Crippen LogP contribution in [-0.4, -0.2) is 51.9 Å². The summed E-state index contributed by atoms with van der Waals surface area (Å²) in [7, 11) is 0. The Morgan fingerprint density at radius 2 is 2.24 bits per heavy atom. The van der Waals surface area contributed by atoms with Gasteiger partial charge >= 0.3 is 5.97 Å². The second-order valence-corrected chi connectivity index (χ2v) is 5.32. The van der Waals surface area contributed by atoms with Crippen molar-refractivity contribution in [3.63, 3.8) is 0 Å². The fraction of sp³-hybridized carbons (Fsp3) is 0.786. The molecule has 1 aliphatic rings. The van der Waals surface area contributed by atoms with Gasteiger partial charge in [0.15, 0.2) is 5.82 Å². The molecule has 0 aromatic carbocycles. The second kappa shape index (κ2) is 7.51. The van der Waals surface area contributed by atoms with Crippen molar-refractivity contribution in [2.45, 2.75) is 45.7 Å². The summed E-state index contributed by atoms with van der Waals surface area (Å²) >= 11 is 0. The molecule has 1 saturated heterocycles. The van der Waals surface area contributed by atoms with Crippen LogP contribution in [0.2, 0.25) is 0 Å². The van der Waals surface area contributed by atoms with Gasteiger partial charge in [0, 0.05) is 12.5 Å². The van der Waals surface area contributed by atoms with Crippen LogP contribution in [0.25, 0.3) is 0 Å². The van der Waals surface area contributed by atoms with Gasteiger partial charge in [0.25, 0.3) is 0 Å². The van der Waals surface area contributed by atoms with Gasteiger partial charge in [-0.15, -0.1) is 0 Å². The molecule has 2 rings (SSSR count). The number of hydrogen-bond donors (Lipinski definition) is 1. The molecular weight excluding hydrogens is 274 g/mol. The fourth-order valence-corrected chi connectivity index (χ4v) is 2.57. The van der Waals surface area contributed by atoms with Gasteiger partial charge in [0.05, 0.1) is 25.7 Å². The molecule has 0 spiro atoms. The van der Waals surface area contributed by atoms with Gasteiger partial charge in [-0.2, -0.15) is 4.98 Å². The zero-order chi connectivity index (χ0) is 15.2. The van der Waals surface area contributed by atoms with Crippen molar-refractivity contribution < 1.29 is 19.2 Å². The highest BCUT2D eigenvalue weighted by atomic mass is 16.5. The molecular formula is C14H23N3O4. The largest absolute Gasteiger partial charge is 0.481 e. The first-order valence-corrected chi connectivity index (χ1v) is 7.51. The van der Waals surface area contributed by atoms with E-state index in [2.05, 4.69) is 17.1 Å². The number of likely N-dealkylation sites (N-methyl/N-ethyl adjacent to an activating group) is 1. The lowest BCUT2D eigenvalue weighted by Crippen LogP contribution is -2.42. The lowest BCUT2D eigenvalue weighted by Gasteiger charge is -2.27. The number of carboxylic acid groups (broad SMARTS) is 1. The molecule has 1 fully saturated rings. The fourth-order valence-electron chi connectivity index (χ4n) is 2.57. The smallest absolute Gasteiger partial charge is 0.310 e. The minimum Gasteiger partial charge on any atom is -0.481 e. The van der Waals surface area contributed by atoms with Gasteiger partial charge in [-0.05, 0) is 13.0 Å². The van der Waals surface area contributed by atoms with Crippen molar-refractivity contribution in [3.8, 4) is 0 Å². The molecule has 2 unspecified atom stereocenters. The average Bonchev–Trinajstić information content (AvgIpc) is 3.11. The number of aromatic nitrogens is 2. The molecule has 7 heteroatoms. The Bertz CT molecular complexity index is 463. The van der Waals surface area contributed by atoms with Crippen LogP contribution in [0.5, 0.6) is 0 Å². The van der Waals surface area contributed by atoms with Crippen LogP contribution in [-0.2, 0) is 22.5 Å². The van der Waals surface area contributed by atoms with E-state index in [9.17, 15) is 9.90 Å². The zero-order valence-corrected chi connectivity index (χ0v) is 12.6. The number of carbonyl (C=O) groups is 1. The Morgan fingerprint density at radius 3 is 2.90 bits per heavy atom. The molecule has 7 nitrogen and oxygen atoms in total. The van der Waals surface area contributed by atoms with E-state index in [1.54, 1.807) is 0 Å². The first-order chi connectivity index (χ1) is 10.2. The molecule has 1 N–H and O–H groups in total. The van der Waals surface area contributed by atoms with Crippen LogP contribution in [0.1, 0.15) is 38.4 Å². The molecule has 0 bridgehead atoms. The van der Waals surface area contributed by atoms with Crippen molar-refractivity contribution in [1.82, 2.24) is 15.0 Å². The minimum atomic E-state index is -0.815. The van der Waals surface area contributed by atoms with Crippen LogP contribution >= 0.6 is 0 Å². The van der Waals surface area contributed by atoms with Gasteiger partial charge in [-0.3, -0.25) is 9.69 Å². The number of hydrogen-bond acceptors (Lipinski definition) is 6. The van der Waals surface area contributed by atoms with Gasteiger partial charge in [-0.1, -0.05) is 25.4 Å². The van der Waals surface area contributed by atoms with Crippen LogP contribution in [0.3, 0.4) is 0 Å². The summed E-state index contributed by atoms with van der Waals surface area (Å²) in [4.78, 5) is 17.6. The summed E-state index contributed by atoms with van der Waals surface area (Å²) in [6.45, 7) is 5.99. The lowest BCUT2D eigenvalue weighted by molar-refractivity contribution is -0.143. The maximum atomic E-state index is 11.2. The number of carboxylic acids is 1. The predicted molar refractivity (Wildman–Crippen MR) is 74.7 cm³/mol. The summed E-state index contributed by atoms with van der Waals surface area (Å²) < 4.78 is 10.6. The highest BCUT2D eigenvalue weighted by Crippen LogP contribution is 2.21. The number of ether oxygens (including phenoxy) is 1. The molecule has 1 aromatic rings. The number of aryl methyl sites for hydroxylation is 1. The molecule has 21 heavy (non-hydrogen) atoms. The van der Waals surface area contributed by atoms with E-state index in [4.69, 9.17) is 9.26 Å². The van der Waals surface area contributed by atoms with Crippen molar-refractivity contribution >= 4 is 5.97 Å². The van der Waals surface area contributed by atoms with Crippen LogP contribution in [0, 0.1) is 5.92 Å². The van der Waals surface area contributed by atoms with Gasteiger partial charge in [-0.25, -0.2) is 0 Å². The van der Waals surface area contributed by atoms with E-state index in [1.165, 1.54) is 0 Å². The van der Waals surface area contributed by atoms with Crippen molar-refractivity contribution in [1.29, 1.82) is 0 Å². The van der Waals surface area contributed by atoms with E-state index < -0.39 is 11.9 Å². The standard InChI is InChI=1S/C14H23N3O4/c1-3-5-6-12-15-13(21-16-12)7-17(4-2)11-9-20-8-10(11)14(18)19/h10-11H,3-9H2,1-2H3,(H,18,19). The third-order valence-corrected chi connectivity index (χ3v) is 3.85. The van der Waals surface area contributed by atoms with Crippen LogP contribution < -0.4 is 0 Å². The van der Waals surface area contributed by atoms with Gasteiger partial charge in [0.1, 0.15) is 0 Å². The molecule has 1 aliphatic heterocycles. The van der Waals surface area contributed by atoms with E-state index in [0.29, 0.717) is 25.6 Å². The Hall–Kier alpha value is -1.47. The summed E-state index contributed by atoms with van der Waals surface area (Å²) in [5.74, 6) is -0.0445. The second-order valence-electron chi connectivity index (χ2n) is 5.32. The third-order valence-electron chi connectivity index (χ3n) is 3.85. The summed E-state index contributed by atoms with van der Waals surface area (Å²) in [6, 6.07) is -0.140. The Morgan fingerprint density at radius 1 is 1.43 bits per heavy atom. The highest BCUT2D eigenvalue weighted by Gasteiger charge is 2.37. The Labute approximate surface area is 124 Å². The van der Waals surface area contributed by atoms with Crippen LogP contribution in [0.4, 0.5) is 0 Å². The minimum absolute atomic E-state index is 0.140. The first-order valence-electron chi connectivity index (χ1n) is 7.51. The number of rotatable bonds is 8. The summed E-state index contributed by atoms with van der Waals surface area (Å²) in [5.41, 5.74) is 0. The number of unbranched alkanes of at least 4 members (excludes halogenated alkanes) is 1. The average molecular weight is 297 g/mol. The quantitative estimate of drug-likeness (QED) is 0.774. The summed E-state index contributed by atoms with van der Waals surface area (Å²) in [5, 5.41) is 13.2. The third kappa shape index (κ3) is 4.01. The van der Waals surface area contributed by atoms with Crippen LogP contribution in [0.15, 0.2) is 4.52 Å². The van der Waals surface area contributed by atoms with E-state index in [0.717, 1.165) is 25.1 Å². The molecule has 0 radical (unpaired) electrons. The van der Waals surface area contributed by atoms with Crippen molar-refractivity contribution in [3.05, 3.63) is 11.7 Å². The first kappa shape index (κ1) is 15.9. The lowest BCUT2D eigenvalue weighted by atomic mass is 10.0. The van der Waals surface area contributed by atoms with Crippen molar-refractivity contribution in [2.75, 3.05) is 19.8 Å². The molecule has 2 atom stereocenters. The van der Waals surface area contributed by atoms with Gasteiger partial charge in [0.2, 0.25) is 5.89 Å². The normalized spacial score (nSPS) is 22.0. The molecule has 2 heterocycles. The summed E-state index contributed by atoms with van der Waals surface area (Å²) in [6.07, 6.45) is 2.94. The monoisotopic (exact) mass is 297 g/mol. The van der Waals surface area contributed by atoms with E-state index in [1.807, 2.05) is 11.8 Å². The molecule has 0 amide bonds. The topological polar surface area (TPSA) is 88.7 Å². The molecule has 1 aromatic heterocycles. The highest BCUT2D eigenvalue weighted by molar-refractivity contribution is 5.71. The van der Waals surface area contributed by atoms with Gasteiger partial charge < -0.3 is 14.4 Å². The Kier molecular flexibility index (Phi) is 5.69. The SMILES string of the molecule is CCCCc1noc(CN(CC)C2COCC2C(=O)O)n1. The maximum Gasteiger partial charge on any atom is 0.310 e. The molecule has 118 valence electrons. The van der Waals surface area contributed by atoms with Crippen molar-refractivity contribution in [2.24, 2.45) is 5.92 Å². The molecule has 0 saturated carbocycles. The number of nitrogens with zero attached hydrogens (tertiary/aromatic N) is 3. The molecule has 0 aliphatic carbocycles. The maximum absolute atomic E-state index is 11.2. The van der Waals surface area contributed by atoms with E-state index >= 15 is 0 Å². The van der Waals surface area contributed by atoms with E-state index in [-0.39, 0.29) is 12.6 Å². The zero-order valence-electron chi connectivity index (χ0n) is 12.6. The predicted octanol–water partition coefficient (Wildman–Crippen LogP) is 1.33. The number of aliphatic carboxylic acids is 1.